The number of carbonyl (C=O) groups is 1. The molecular formula is C7H11N3O3S. The highest BCUT2D eigenvalue weighted by Gasteiger charge is 2.17. The molecule has 0 aromatic carbocycles. The van der Waals surface area contributed by atoms with Gasteiger partial charge in [0.2, 0.25) is 5.89 Å². The van der Waals surface area contributed by atoms with E-state index in [9.17, 15) is 4.79 Å². The summed E-state index contributed by atoms with van der Waals surface area (Å²) in [5.74, 6) is -0.514. The molecule has 7 heteroatoms. The minimum Gasteiger partial charge on any atom is -0.475 e. The van der Waals surface area contributed by atoms with E-state index in [1.807, 2.05) is 6.26 Å². The molecule has 0 spiro atoms. The molecule has 0 amide bonds. The Bertz CT molecular complexity index is 315. The third-order valence-corrected chi connectivity index (χ3v) is 2.23. The SMILES string of the molecule is CSCC[C@H](N)c1nc(C(=O)O)no1. The van der Waals surface area contributed by atoms with E-state index in [-0.39, 0.29) is 17.8 Å². The minimum absolute atomic E-state index is 0.177. The van der Waals surface area contributed by atoms with Crippen molar-refractivity contribution in [2.24, 2.45) is 5.73 Å². The van der Waals surface area contributed by atoms with Crippen molar-refractivity contribution in [1.82, 2.24) is 10.1 Å². The standard InChI is InChI=1S/C7H11N3O3S/c1-14-3-2-4(8)6-9-5(7(11)12)10-13-6/h4H,2-3,8H2,1H3,(H,11,12)/t4-/m0/s1. The van der Waals surface area contributed by atoms with Crippen LogP contribution in [0.5, 0.6) is 0 Å². The molecule has 0 saturated carbocycles. The van der Waals surface area contributed by atoms with Gasteiger partial charge in [-0.15, -0.1) is 0 Å². The Morgan fingerprint density at radius 3 is 3.00 bits per heavy atom. The molecule has 3 N–H and O–H groups in total. The highest BCUT2D eigenvalue weighted by Crippen LogP contribution is 2.13. The molecule has 0 aliphatic rings. The molecule has 0 bridgehead atoms. The summed E-state index contributed by atoms with van der Waals surface area (Å²) in [5.41, 5.74) is 5.69. The lowest BCUT2D eigenvalue weighted by molar-refractivity contribution is 0.0680. The molecule has 0 fully saturated rings. The Kier molecular flexibility index (Phi) is 3.90. The lowest BCUT2D eigenvalue weighted by Crippen LogP contribution is -2.12. The first-order valence-corrected chi connectivity index (χ1v) is 5.36. The van der Waals surface area contributed by atoms with E-state index in [0.717, 1.165) is 5.75 Å². The molecule has 1 rings (SSSR count). The van der Waals surface area contributed by atoms with Crippen LogP contribution in [0.4, 0.5) is 0 Å². The molecule has 0 aliphatic heterocycles. The Balaban J connectivity index is 2.61. The fraction of sp³-hybridized carbons (Fsp3) is 0.571. The lowest BCUT2D eigenvalue weighted by atomic mass is 10.2. The van der Waals surface area contributed by atoms with E-state index in [1.165, 1.54) is 0 Å². The third-order valence-electron chi connectivity index (χ3n) is 1.58. The quantitative estimate of drug-likeness (QED) is 0.741. The molecule has 0 unspecified atom stereocenters. The number of hydrogen-bond donors (Lipinski definition) is 2. The van der Waals surface area contributed by atoms with Crippen molar-refractivity contribution in [3.8, 4) is 0 Å². The van der Waals surface area contributed by atoms with Gasteiger partial charge < -0.3 is 15.4 Å². The smallest absolute Gasteiger partial charge is 0.377 e. The second-order valence-electron chi connectivity index (χ2n) is 2.65. The largest absolute Gasteiger partial charge is 0.475 e. The summed E-state index contributed by atoms with van der Waals surface area (Å²) in [6.07, 6.45) is 2.64. The molecule has 1 aromatic heterocycles. The average Bonchev–Trinajstić information content (AvgIpc) is 2.62. The number of thioether (sulfide) groups is 1. The molecule has 14 heavy (non-hydrogen) atoms. The number of nitrogens with two attached hydrogens (primary N) is 1. The van der Waals surface area contributed by atoms with Crippen molar-refractivity contribution < 1.29 is 14.4 Å². The third kappa shape index (κ3) is 2.71. The van der Waals surface area contributed by atoms with Gasteiger partial charge in [0.05, 0.1) is 6.04 Å². The maximum absolute atomic E-state index is 10.4. The van der Waals surface area contributed by atoms with Crippen molar-refractivity contribution in [1.29, 1.82) is 0 Å². The predicted molar refractivity (Wildman–Crippen MR) is 51.2 cm³/mol. The van der Waals surface area contributed by atoms with Crippen molar-refractivity contribution in [3.63, 3.8) is 0 Å². The van der Waals surface area contributed by atoms with Crippen LogP contribution in [0.1, 0.15) is 29.0 Å². The first-order valence-electron chi connectivity index (χ1n) is 3.96. The fourth-order valence-electron chi connectivity index (χ4n) is 0.841. The van der Waals surface area contributed by atoms with Gasteiger partial charge in [0.25, 0.3) is 5.82 Å². The Hall–Kier alpha value is -1.08. The summed E-state index contributed by atoms with van der Waals surface area (Å²) in [5, 5.41) is 11.8. The van der Waals surface area contributed by atoms with E-state index in [2.05, 4.69) is 10.1 Å². The maximum atomic E-state index is 10.4. The molecule has 1 atom stereocenters. The number of carboxylic acids is 1. The van der Waals surface area contributed by atoms with Crippen LogP contribution in [-0.4, -0.2) is 33.2 Å². The molecule has 1 aromatic rings. The van der Waals surface area contributed by atoms with E-state index in [1.54, 1.807) is 11.8 Å². The number of rotatable bonds is 5. The number of hydrogen-bond acceptors (Lipinski definition) is 6. The van der Waals surface area contributed by atoms with Crippen molar-refractivity contribution >= 4 is 17.7 Å². The average molecular weight is 217 g/mol. The molecule has 6 nitrogen and oxygen atoms in total. The van der Waals surface area contributed by atoms with Crippen LogP contribution in [0.25, 0.3) is 0 Å². The number of carboxylic acid groups (broad SMARTS) is 1. The zero-order valence-corrected chi connectivity index (χ0v) is 8.45. The number of nitrogens with zero attached hydrogens (tertiary/aromatic N) is 2. The highest BCUT2D eigenvalue weighted by molar-refractivity contribution is 7.98. The van der Waals surface area contributed by atoms with Gasteiger partial charge in [0.15, 0.2) is 0 Å². The van der Waals surface area contributed by atoms with E-state index in [0.29, 0.717) is 6.42 Å². The summed E-state index contributed by atoms with van der Waals surface area (Å²) < 4.78 is 4.71. The molecule has 0 saturated heterocycles. The Morgan fingerprint density at radius 2 is 2.50 bits per heavy atom. The summed E-state index contributed by atoms with van der Waals surface area (Å²) in [7, 11) is 0. The molecule has 0 aliphatic carbocycles. The molecule has 78 valence electrons. The molecule has 0 radical (unpaired) electrons. The van der Waals surface area contributed by atoms with Gasteiger partial charge in [-0.3, -0.25) is 0 Å². The van der Waals surface area contributed by atoms with Gasteiger partial charge >= 0.3 is 5.97 Å². The number of aromatic nitrogens is 2. The van der Waals surface area contributed by atoms with Crippen LogP contribution in [0.15, 0.2) is 4.52 Å². The van der Waals surface area contributed by atoms with Crippen LogP contribution in [0.2, 0.25) is 0 Å². The van der Waals surface area contributed by atoms with Crippen molar-refractivity contribution in [3.05, 3.63) is 11.7 Å². The van der Waals surface area contributed by atoms with Crippen LogP contribution in [0, 0.1) is 0 Å². The molecule has 1 heterocycles. The minimum atomic E-state index is -1.21. The van der Waals surface area contributed by atoms with Crippen LogP contribution in [0.3, 0.4) is 0 Å². The fourth-order valence-corrected chi connectivity index (χ4v) is 1.33. The zero-order chi connectivity index (χ0) is 10.6. The van der Waals surface area contributed by atoms with Crippen LogP contribution < -0.4 is 5.73 Å². The maximum Gasteiger partial charge on any atom is 0.377 e. The van der Waals surface area contributed by atoms with Gasteiger partial charge in [0.1, 0.15) is 0 Å². The zero-order valence-electron chi connectivity index (χ0n) is 7.64. The molecular weight excluding hydrogens is 206 g/mol. The second kappa shape index (κ2) is 4.97. The van der Waals surface area contributed by atoms with Crippen LogP contribution >= 0.6 is 11.8 Å². The van der Waals surface area contributed by atoms with E-state index in [4.69, 9.17) is 15.4 Å². The van der Waals surface area contributed by atoms with E-state index < -0.39 is 5.97 Å². The second-order valence-corrected chi connectivity index (χ2v) is 3.63. The highest BCUT2D eigenvalue weighted by atomic mass is 32.2. The van der Waals surface area contributed by atoms with Gasteiger partial charge in [-0.2, -0.15) is 16.7 Å². The summed E-state index contributed by atoms with van der Waals surface area (Å²) in [6.45, 7) is 0. The summed E-state index contributed by atoms with van der Waals surface area (Å²) in [4.78, 5) is 14.1. The monoisotopic (exact) mass is 217 g/mol. The predicted octanol–water partition coefficient (Wildman–Crippen LogP) is 0.521. The Labute approximate surface area is 84.9 Å². The van der Waals surface area contributed by atoms with Gasteiger partial charge in [0, 0.05) is 0 Å². The van der Waals surface area contributed by atoms with Gasteiger partial charge in [-0.1, -0.05) is 0 Å². The van der Waals surface area contributed by atoms with Crippen molar-refractivity contribution in [2.75, 3.05) is 12.0 Å². The van der Waals surface area contributed by atoms with Gasteiger partial charge in [-0.25, -0.2) is 4.79 Å². The normalized spacial score (nSPS) is 12.7. The van der Waals surface area contributed by atoms with Crippen LogP contribution in [-0.2, 0) is 0 Å². The van der Waals surface area contributed by atoms with Gasteiger partial charge in [-0.05, 0) is 23.6 Å². The lowest BCUT2D eigenvalue weighted by Gasteiger charge is -2.03. The van der Waals surface area contributed by atoms with Crippen molar-refractivity contribution in [2.45, 2.75) is 12.5 Å². The van der Waals surface area contributed by atoms with E-state index >= 15 is 0 Å². The first kappa shape index (κ1) is 11.0. The first-order chi connectivity index (χ1) is 6.65. The number of aromatic carboxylic acids is 1. The topological polar surface area (TPSA) is 102 Å². The summed E-state index contributed by atoms with van der Waals surface area (Å²) >= 11 is 1.65. The summed E-state index contributed by atoms with van der Waals surface area (Å²) in [6, 6.07) is -0.386. The Morgan fingerprint density at radius 1 is 1.79 bits per heavy atom.